The molecule has 3 fully saturated rings. The second-order valence-corrected chi connectivity index (χ2v) is 9.07. The number of imide groups is 1. The van der Waals surface area contributed by atoms with Crippen LogP contribution in [0.2, 0.25) is 0 Å². The van der Waals surface area contributed by atoms with Crippen LogP contribution in [0.25, 0.3) is 0 Å². The Kier molecular flexibility index (Phi) is 4.42. The molecule has 0 radical (unpaired) electrons. The maximum Gasteiger partial charge on any atom is 0.254 e. The molecule has 2 saturated carbocycles. The van der Waals surface area contributed by atoms with Crippen molar-refractivity contribution in [3.8, 4) is 11.5 Å². The molecule has 32 heavy (non-hydrogen) atoms. The number of hydrogen-bond donors (Lipinski definition) is 0. The number of allylic oxidation sites excluding steroid dienone is 2. The van der Waals surface area contributed by atoms with Crippen LogP contribution in [0.15, 0.2) is 65.8 Å². The number of carbonyl (C=O) groups excluding carboxylic acids is 2. The van der Waals surface area contributed by atoms with E-state index in [1.807, 2.05) is 42.5 Å². The summed E-state index contributed by atoms with van der Waals surface area (Å²) in [6.07, 6.45) is 7.03. The minimum Gasteiger partial charge on any atom is -0.493 e. The molecule has 4 aliphatic carbocycles. The van der Waals surface area contributed by atoms with Gasteiger partial charge >= 0.3 is 0 Å². The van der Waals surface area contributed by atoms with E-state index in [2.05, 4.69) is 17.3 Å². The van der Waals surface area contributed by atoms with Crippen molar-refractivity contribution in [2.24, 2.45) is 40.6 Å². The minimum atomic E-state index is -0.235. The van der Waals surface area contributed by atoms with Crippen LogP contribution < -0.4 is 9.47 Å². The average molecular weight is 428 g/mol. The molecule has 6 heteroatoms. The summed E-state index contributed by atoms with van der Waals surface area (Å²) in [7, 11) is 1.58. The van der Waals surface area contributed by atoms with Crippen molar-refractivity contribution in [1.82, 2.24) is 5.01 Å². The molecule has 1 heterocycles. The Morgan fingerprint density at radius 3 is 2.31 bits per heavy atom. The molecule has 0 unspecified atom stereocenters. The van der Waals surface area contributed by atoms with Gasteiger partial charge in [-0.15, -0.1) is 0 Å². The van der Waals surface area contributed by atoms with Crippen LogP contribution in [0.5, 0.6) is 11.5 Å². The second kappa shape index (κ2) is 7.33. The first-order chi connectivity index (χ1) is 15.7. The van der Waals surface area contributed by atoms with Gasteiger partial charge in [-0.05, 0) is 59.4 Å². The number of benzene rings is 2. The van der Waals surface area contributed by atoms with Crippen LogP contribution in [0, 0.1) is 35.5 Å². The van der Waals surface area contributed by atoms with E-state index in [-0.39, 0.29) is 35.5 Å². The maximum atomic E-state index is 13.0. The fourth-order valence-corrected chi connectivity index (χ4v) is 5.80. The summed E-state index contributed by atoms with van der Waals surface area (Å²) in [4.78, 5) is 26.1. The van der Waals surface area contributed by atoms with E-state index in [0.717, 1.165) is 22.6 Å². The Balaban J connectivity index is 1.18. The van der Waals surface area contributed by atoms with Gasteiger partial charge < -0.3 is 9.47 Å². The third-order valence-corrected chi connectivity index (χ3v) is 7.39. The molecule has 0 N–H and O–H groups in total. The molecule has 0 spiro atoms. The Hall–Kier alpha value is -3.41. The van der Waals surface area contributed by atoms with E-state index >= 15 is 0 Å². The van der Waals surface area contributed by atoms with Crippen LogP contribution in [0.3, 0.4) is 0 Å². The van der Waals surface area contributed by atoms with E-state index in [4.69, 9.17) is 9.47 Å². The number of methoxy groups -OCH3 is 1. The summed E-state index contributed by atoms with van der Waals surface area (Å²) in [6.45, 7) is 0.433. The lowest BCUT2D eigenvalue weighted by molar-refractivity contribution is -0.140. The van der Waals surface area contributed by atoms with Crippen molar-refractivity contribution in [1.29, 1.82) is 0 Å². The van der Waals surface area contributed by atoms with E-state index in [9.17, 15) is 9.59 Å². The van der Waals surface area contributed by atoms with Crippen LogP contribution in [-0.2, 0) is 16.2 Å². The summed E-state index contributed by atoms with van der Waals surface area (Å²) in [5.41, 5.74) is 1.79. The molecule has 2 amide bonds. The molecule has 5 aliphatic rings. The summed E-state index contributed by atoms with van der Waals surface area (Å²) in [5.74, 6) is 1.98. The van der Waals surface area contributed by atoms with Gasteiger partial charge in [-0.2, -0.15) is 10.1 Å². The van der Waals surface area contributed by atoms with E-state index in [0.29, 0.717) is 29.9 Å². The highest BCUT2D eigenvalue weighted by molar-refractivity contribution is 6.06. The lowest BCUT2D eigenvalue weighted by atomic mass is 9.63. The zero-order valence-corrected chi connectivity index (χ0v) is 17.8. The summed E-state index contributed by atoms with van der Waals surface area (Å²) < 4.78 is 11.4. The highest BCUT2D eigenvalue weighted by Gasteiger charge is 2.67. The number of rotatable bonds is 6. The van der Waals surface area contributed by atoms with Crippen LogP contribution in [-0.4, -0.2) is 30.1 Å². The largest absolute Gasteiger partial charge is 0.493 e. The van der Waals surface area contributed by atoms with Crippen molar-refractivity contribution < 1.29 is 19.1 Å². The van der Waals surface area contributed by atoms with Crippen molar-refractivity contribution in [2.45, 2.75) is 13.0 Å². The van der Waals surface area contributed by atoms with Crippen molar-refractivity contribution in [2.75, 3.05) is 7.11 Å². The molecule has 2 aromatic carbocycles. The molecular formula is C26H24N2O4. The van der Waals surface area contributed by atoms with Gasteiger partial charge in [-0.1, -0.05) is 42.5 Å². The lowest BCUT2D eigenvalue weighted by Crippen LogP contribution is -2.40. The van der Waals surface area contributed by atoms with Crippen LogP contribution in [0.4, 0.5) is 0 Å². The molecule has 6 nitrogen and oxygen atoms in total. The number of nitrogens with zero attached hydrogens (tertiary/aromatic N) is 2. The predicted octanol–water partition coefficient (Wildman–Crippen LogP) is 3.66. The first-order valence-corrected chi connectivity index (χ1v) is 11.1. The van der Waals surface area contributed by atoms with Crippen molar-refractivity contribution >= 4 is 18.0 Å². The normalized spacial score (nSPS) is 31.7. The van der Waals surface area contributed by atoms with Crippen LogP contribution >= 0.6 is 0 Å². The molecule has 6 atom stereocenters. The zero-order valence-electron chi connectivity index (χ0n) is 17.8. The standard InChI is InChI=1S/C26H24N2O4/c1-31-22-11-16(7-10-21(22)32-14-15-5-3-2-4-6-15)13-27-28-25(29)23-17-8-9-18(20-12-19(17)20)24(23)26(28)30/h2-11,13,17-20,23-24H,12,14H2,1H3/b27-13+/t17-,18-,19-,20-,23-,24+/m1/s1. The topological polar surface area (TPSA) is 68.2 Å². The first kappa shape index (κ1) is 19.3. The van der Waals surface area contributed by atoms with Gasteiger partial charge in [0.25, 0.3) is 11.8 Å². The van der Waals surface area contributed by atoms with E-state index in [1.54, 1.807) is 19.4 Å². The third kappa shape index (κ3) is 2.97. The number of amides is 2. The Labute approximate surface area is 186 Å². The van der Waals surface area contributed by atoms with E-state index < -0.39 is 0 Å². The molecular weight excluding hydrogens is 404 g/mol. The maximum absolute atomic E-state index is 13.0. The van der Waals surface area contributed by atoms with Gasteiger partial charge in [-0.3, -0.25) is 9.59 Å². The van der Waals surface area contributed by atoms with Crippen LogP contribution in [0.1, 0.15) is 17.5 Å². The molecule has 2 aromatic rings. The monoisotopic (exact) mass is 428 g/mol. The Morgan fingerprint density at radius 1 is 0.969 bits per heavy atom. The molecule has 162 valence electrons. The van der Waals surface area contributed by atoms with Gasteiger partial charge in [0.2, 0.25) is 0 Å². The average Bonchev–Trinajstić information content (AvgIpc) is 3.61. The number of hydrogen-bond acceptors (Lipinski definition) is 5. The SMILES string of the molecule is COc1cc(/C=N/N2C(=O)[C@@H]3[C@@H]4C=C[C@H]([C@H]5C[C@H]45)[C@@H]3C2=O)ccc1OCc1ccccc1. The fraction of sp³-hybridized carbons (Fsp3) is 0.346. The molecule has 2 bridgehead atoms. The molecule has 7 rings (SSSR count). The summed E-state index contributed by atoms with van der Waals surface area (Å²) >= 11 is 0. The Bertz CT molecular complexity index is 1110. The van der Waals surface area contributed by atoms with E-state index in [1.165, 1.54) is 0 Å². The van der Waals surface area contributed by atoms with Crippen molar-refractivity contribution in [3.05, 3.63) is 71.8 Å². The smallest absolute Gasteiger partial charge is 0.254 e. The number of hydrazone groups is 1. The summed E-state index contributed by atoms with van der Waals surface area (Å²) in [6, 6.07) is 15.4. The summed E-state index contributed by atoms with van der Waals surface area (Å²) in [5, 5.41) is 5.40. The Morgan fingerprint density at radius 2 is 1.66 bits per heavy atom. The van der Waals surface area contributed by atoms with Gasteiger partial charge in [0.05, 0.1) is 25.2 Å². The molecule has 1 aliphatic heterocycles. The third-order valence-electron chi connectivity index (χ3n) is 7.39. The number of carbonyl (C=O) groups is 2. The molecule has 1 saturated heterocycles. The van der Waals surface area contributed by atoms with Crippen molar-refractivity contribution in [3.63, 3.8) is 0 Å². The first-order valence-electron chi connectivity index (χ1n) is 11.1. The highest BCUT2D eigenvalue weighted by atomic mass is 16.5. The molecule has 0 aromatic heterocycles. The van der Waals surface area contributed by atoms with Gasteiger partial charge in [0.1, 0.15) is 6.61 Å². The lowest BCUT2D eigenvalue weighted by Gasteiger charge is -2.37. The van der Waals surface area contributed by atoms with Gasteiger partial charge in [-0.25, -0.2) is 0 Å². The predicted molar refractivity (Wildman–Crippen MR) is 118 cm³/mol. The zero-order chi connectivity index (χ0) is 21.8. The van der Waals surface area contributed by atoms with Gasteiger partial charge in [0.15, 0.2) is 11.5 Å². The fourth-order valence-electron chi connectivity index (χ4n) is 5.80. The number of ether oxygens (including phenoxy) is 2. The second-order valence-electron chi connectivity index (χ2n) is 9.07. The van der Waals surface area contributed by atoms with Gasteiger partial charge in [0, 0.05) is 0 Å². The minimum absolute atomic E-state index is 0.157. The highest BCUT2D eigenvalue weighted by Crippen LogP contribution is 2.65. The quantitative estimate of drug-likeness (QED) is 0.400.